The number of hydrogen-bond acceptors (Lipinski definition) is 3. The molecule has 0 aliphatic rings. The molecule has 3 nitrogen and oxygen atoms in total. The van der Waals surface area contributed by atoms with Gasteiger partial charge in [0.05, 0.1) is 16.9 Å². The van der Waals surface area contributed by atoms with Gasteiger partial charge in [0.1, 0.15) is 5.82 Å². The van der Waals surface area contributed by atoms with Crippen LogP contribution in [0.2, 0.25) is 0 Å². The van der Waals surface area contributed by atoms with Crippen molar-refractivity contribution in [3.05, 3.63) is 23.5 Å². The maximum Gasteiger partial charge on any atom is 0.152 e. The molecule has 0 aliphatic carbocycles. The minimum absolute atomic E-state index is 0.127. The van der Waals surface area contributed by atoms with Gasteiger partial charge in [0, 0.05) is 5.92 Å². The average molecular weight is 175 g/mol. The van der Waals surface area contributed by atoms with E-state index in [4.69, 9.17) is 16.7 Å². The Balaban J connectivity index is 3.30. The van der Waals surface area contributed by atoms with Crippen LogP contribution >= 0.6 is 0 Å². The first kappa shape index (κ1) is 8.89. The summed E-state index contributed by atoms with van der Waals surface area (Å²) in [6.45, 7) is 0. The molecule has 64 valence electrons. The summed E-state index contributed by atoms with van der Waals surface area (Å²) in [4.78, 5) is 0. The highest BCUT2D eigenvalue weighted by molar-refractivity contribution is 5.71. The number of hydrogen-bond donors (Lipinski definition) is 2. The number of nitrogens with two attached hydrogens (primary N) is 2. The monoisotopic (exact) mass is 175 g/mol. The van der Waals surface area contributed by atoms with E-state index in [0.717, 1.165) is 12.1 Å². The van der Waals surface area contributed by atoms with Gasteiger partial charge in [-0.05, 0) is 18.1 Å². The van der Waals surface area contributed by atoms with Gasteiger partial charge in [0.15, 0.2) is 6.07 Å². The van der Waals surface area contributed by atoms with Gasteiger partial charge in [-0.15, -0.1) is 0 Å². The second-order valence-electron chi connectivity index (χ2n) is 2.32. The van der Waals surface area contributed by atoms with Crippen LogP contribution in [0.25, 0.3) is 0 Å². The molecule has 0 bridgehead atoms. The van der Waals surface area contributed by atoms with E-state index in [1.54, 1.807) is 6.07 Å². The first-order chi connectivity index (χ1) is 6.15. The Bertz CT molecular complexity index is 435. The molecule has 0 saturated heterocycles. The summed E-state index contributed by atoms with van der Waals surface area (Å²) in [6.07, 6.45) is 0. The van der Waals surface area contributed by atoms with E-state index in [-0.39, 0.29) is 16.9 Å². The van der Waals surface area contributed by atoms with E-state index >= 15 is 0 Å². The van der Waals surface area contributed by atoms with Gasteiger partial charge in [-0.25, -0.2) is 4.39 Å². The van der Waals surface area contributed by atoms with Crippen molar-refractivity contribution in [3.63, 3.8) is 0 Å². The number of nitriles is 1. The van der Waals surface area contributed by atoms with Crippen LogP contribution in [-0.2, 0) is 0 Å². The normalized spacial score (nSPS) is 8.31. The topological polar surface area (TPSA) is 75.8 Å². The lowest BCUT2D eigenvalue weighted by Crippen LogP contribution is -1.98. The van der Waals surface area contributed by atoms with Crippen molar-refractivity contribution in [3.8, 4) is 17.9 Å². The molecular weight excluding hydrogens is 169 g/mol. The minimum Gasteiger partial charge on any atom is -0.397 e. The smallest absolute Gasteiger partial charge is 0.152 e. The van der Waals surface area contributed by atoms with Gasteiger partial charge < -0.3 is 11.5 Å². The number of nitrogens with zero attached hydrogens (tertiary/aromatic N) is 1. The third-order valence-corrected chi connectivity index (χ3v) is 1.43. The lowest BCUT2D eigenvalue weighted by molar-refractivity contribution is 0.628. The maximum absolute atomic E-state index is 12.7. The predicted octanol–water partition coefficient (Wildman–Crippen LogP) is 0.865. The summed E-state index contributed by atoms with van der Waals surface area (Å²) in [5, 5.41) is 8.17. The molecule has 1 aromatic carbocycles. The zero-order valence-corrected chi connectivity index (χ0v) is 6.63. The SMILES string of the molecule is N#CC#Cc1cc(F)cc(N)c1N. The molecule has 1 rings (SSSR count). The van der Waals surface area contributed by atoms with Crippen molar-refractivity contribution in [2.24, 2.45) is 0 Å². The van der Waals surface area contributed by atoms with Gasteiger partial charge in [0.25, 0.3) is 0 Å². The molecule has 0 heterocycles. The lowest BCUT2D eigenvalue weighted by Gasteiger charge is -2.01. The molecule has 0 unspecified atom stereocenters. The fourth-order valence-electron chi connectivity index (χ4n) is 0.838. The highest BCUT2D eigenvalue weighted by Crippen LogP contribution is 2.20. The van der Waals surface area contributed by atoms with Crippen molar-refractivity contribution >= 4 is 11.4 Å². The maximum atomic E-state index is 12.7. The van der Waals surface area contributed by atoms with Crippen LogP contribution in [0.15, 0.2) is 12.1 Å². The zero-order valence-electron chi connectivity index (χ0n) is 6.63. The molecule has 0 aliphatic heterocycles. The van der Waals surface area contributed by atoms with Crippen LogP contribution in [0.4, 0.5) is 15.8 Å². The lowest BCUT2D eigenvalue weighted by atomic mass is 10.1. The van der Waals surface area contributed by atoms with Gasteiger partial charge in [-0.3, -0.25) is 0 Å². The van der Waals surface area contributed by atoms with Crippen LogP contribution in [-0.4, -0.2) is 0 Å². The van der Waals surface area contributed by atoms with Crippen molar-refractivity contribution in [1.29, 1.82) is 5.26 Å². The standard InChI is InChI=1S/C9H6FN3/c10-7-4-6(2-1-3-11)9(13)8(12)5-7/h4-5H,12-13H2. The molecule has 0 saturated carbocycles. The van der Waals surface area contributed by atoms with E-state index in [2.05, 4.69) is 11.8 Å². The Hall–Kier alpha value is -2.20. The molecule has 4 N–H and O–H groups in total. The van der Waals surface area contributed by atoms with Crippen molar-refractivity contribution in [2.75, 3.05) is 11.5 Å². The first-order valence-corrected chi connectivity index (χ1v) is 3.39. The highest BCUT2D eigenvalue weighted by atomic mass is 19.1. The summed E-state index contributed by atoms with van der Waals surface area (Å²) >= 11 is 0. The quantitative estimate of drug-likeness (QED) is 0.453. The number of anilines is 2. The summed E-state index contributed by atoms with van der Waals surface area (Å²) in [7, 11) is 0. The van der Waals surface area contributed by atoms with Gasteiger partial charge in [-0.1, -0.05) is 0 Å². The summed E-state index contributed by atoms with van der Waals surface area (Å²) in [5.74, 6) is 3.98. The van der Waals surface area contributed by atoms with E-state index in [1.165, 1.54) is 0 Å². The Morgan fingerprint density at radius 3 is 2.62 bits per heavy atom. The molecule has 1 aromatic rings. The fourth-order valence-corrected chi connectivity index (χ4v) is 0.838. The van der Waals surface area contributed by atoms with Crippen LogP contribution < -0.4 is 11.5 Å². The Kier molecular flexibility index (Phi) is 2.37. The third-order valence-electron chi connectivity index (χ3n) is 1.43. The molecular formula is C9H6FN3. The van der Waals surface area contributed by atoms with Crippen LogP contribution in [0.5, 0.6) is 0 Å². The molecule has 0 aromatic heterocycles. The molecule has 0 amide bonds. The molecule has 0 spiro atoms. The summed E-state index contributed by atoms with van der Waals surface area (Å²) < 4.78 is 12.7. The molecule has 4 heteroatoms. The Morgan fingerprint density at radius 2 is 2.00 bits per heavy atom. The third kappa shape index (κ3) is 1.88. The van der Waals surface area contributed by atoms with Gasteiger partial charge >= 0.3 is 0 Å². The predicted molar refractivity (Wildman–Crippen MR) is 47.7 cm³/mol. The fraction of sp³-hybridized carbons (Fsp3) is 0. The minimum atomic E-state index is -0.520. The summed E-state index contributed by atoms with van der Waals surface area (Å²) in [6, 6.07) is 3.84. The van der Waals surface area contributed by atoms with E-state index in [1.807, 2.05) is 0 Å². The van der Waals surface area contributed by atoms with Crippen LogP contribution in [0, 0.1) is 29.0 Å². The number of rotatable bonds is 0. The summed E-state index contributed by atoms with van der Waals surface area (Å²) in [5.41, 5.74) is 11.4. The second kappa shape index (κ2) is 3.46. The van der Waals surface area contributed by atoms with Crippen molar-refractivity contribution in [2.45, 2.75) is 0 Å². The van der Waals surface area contributed by atoms with E-state index in [0.29, 0.717) is 0 Å². The number of benzene rings is 1. The number of halogens is 1. The van der Waals surface area contributed by atoms with Gasteiger partial charge in [-0.2, -0.15) is 5.26 Å². The van der Waals surface area contributed by atoms with E-state index in [9.17, 15) is 4.39 Å². The highest BCUT2D eigenvalue weighted by Gasteiger charge is 2.02. The molecule has 0 atom stereocenters. The Labute approximate surface area is 74.8 Å². The average Bonchev–Trinajstić information content (AvgIpc) is 2.09. The molecule has 13 heavy (non-hydrogen) atoms. The molecule has 0 fully saturated rings. The van der Waals surface area contributed by atoms with Crippen molar-refractivity contribution < 1.29 is 4.39 Å². The van der Waals surface area contributed by atoms with Crippen LogP contribution in [0.1, 0.15) is 5.56 Å². The first-order valence-electron chi connectivity index (χ1n) is 3.39. The van der Waals surface area contributed by atoms with E-state index < -0.39 is 5.82 Å². The molecule has 0 radical (unpaired) electrons. The largest absolute Gasteiger partial charge is 0.397 e. The second-order valence-corrected chi connectivity index (χ2v) is 2.32. The van der Waals surface area contributed by atoms with Crippen molar-refractivity contribution in [1.82, 2.24) is 0 Å². The van der Waals surface area contributed by atoms with Gasteiger partial charge in [0.2, 0.25) is 0 Å². The van der Waals surface area contributed by atoms with Crippen LogP contribution in [0.3, 0.4) is 0 Å². The number of nitrogen functional groups attached to an aromatic ring is 2. The zero-order chi connectivity index (χ0) is 9.84. The Morgan fingerprint density at radius 1 is 1.31 bits per heavy atom.